The summed E-state index contributed by atoms with van der Waals surface area (Å²) >= 11 is 0. The Kier molecular flexibility index (Phi) is 3.65. The quantitative estimate of drug-likeness (QED) is 0.914. The standard InChI is InChI=1S/C15H15FN2O2S/c16-12-4-6-13(7-5-12)18-21(19,20)15-3-1-2-11-10-17-9-8-14(11)15/h1-7,17-18H,8-10H2. The number of nitrogens with one attached hydrogen (secondary N) is 2. The zero-order valence-corrected chi connectivity index (χ0v) is 12.1. The van der Waals surface area contributed by atoms with Crippen LogP contribution in [0.4, 0.5) is 10.1 Å². The van der Waals surface area contributed by atoms with E-state index in [4.69, 9.17) is 0 Å². The number of rotatable bonds is 3. The van der Waals surface area contributed by atoms with Crippen LogP contribution in [0.3, 0.4) is 0 Å². The van der Waals surface area contributed by atoms with Gasteiger partial charge in [-0.05, 0) is 54.4 Å². The van der Waals surface area contributed by atoms with Crippen LogP contribution in [0.1, 0.15) is 11.1 Å². The monoisotopic (exact) mass is 306 g/mol. The van der Waals surface area contributed by atoms with Crippen LogP contribution in [0.15, 0.2) is 47.4 Å². The molecular formula is C15H15FN2O2S. The van der Waals surface area contributed by atoms with E-state index in [0.29, 0.717) is 23.5 Å². The van der Waals surface area contributed by atoms with Gasteiger partial charge in [-0.15, -0.1) is 0 Å². The molecule has 0 aromatic heterocycles. The lowest BCUT2D eigenvalue weighted by molar-refractivity contribution is 0.593. The Balaban J connectivity index is 1.97. The molecule has 0 saturated heterocycles. The molecule has 1 aliphatic rings. The molecule has 6 heteroatoms. The van der Waals surface area contributed by atoms with Crippen LogP contribution in [-0.2, 0) is 23.0 Å². The molecule has 4 nitrogen and oxygen atoms in total. The highest BCUT2D eigenvalue weighted by Crippen LogP contribution is 2.25. The molecule has 0 aliphatic carbocycles. The first-order chi connectivity index (χ1) is 10.1. The van der Waals surface area contributed by atoms with Gasteiger partial charge in [-0.2, -0.15) is 0 Å². The van der Waals surface area contributed by atoms with Gasteiger partial charge in [0.15, 0.2) is 0 Å². The van der Waals surface area contributed by atoms with Crippen LogP contribution in [0.2, 0.25) is 0 Å². The largest absolute Gasteiger partial charge is 0.312 e. The van der Waals surface area contributed by atoms with Gasteiger partial charge < -0.3 is 5.32 Å². The lowest BCUT2D eigenvalue weighted by Crippen LogP contribution is -2.26. The maximum atomic E-state index is 12.9. The van der Waals surface area contributed by atoms with Crippen molar-refractivity contribution >= 4 is 15.7 Å². The fourth-order valence-electron chi connectivity index (χ4n) is 2.48. The van der Waals surface area contributed by atoms with Crippen LogP contribution >= 0.6 is 0 Å². The number of hydrogen-bond donors (Lipinski definition) is 2. The smallest absolute Gasteiger partial charge is 0.262 e. The summed E-state index contributed by atoms with van der Waals surface area (Å²) in [5, 5.41) is 3.22. The topological polar surface area (TPSA) is 58.2 Å². The molecule has 21 heavy (non-hydrogen) atoms. The van der Waals surface area contributed by atoms with E-state index in [-0.39, 0.29) is 0 Å². The van der Waals surface area contributed by atoms with E-state index in [1.807, 2.05) is 6.07 Å². The Morgan fingerprint density at radius 2 is 1.86 bits per heavy atom. The summed E-state index contributed by atoms with van der Waals surface area (Å²) in [5.41, 5.74) is 2.21. The zero-order chi connectivity index (χ0) is 14.9. The van der Waals surface area contributed by atoms with Gasteiger partial charge in [0.1, 0.15) is 5.82 Å². The molecular weight excluding hydrogens is 291 g/mol. The third kappa shape index (κ3) is 2.91. The Labute approximate surface area is 123 Å². The maximum absolute atomic E-state index is 12.9. The number of sulfonamides is 1. The average molecular weight is 306 g/mol. The minimum Gasteiger partial charge on any atom is -0.312 e. The summed E-state index contributed by atoms with van der Waals surface area (Å²) in [6.45, 7) is 1.44. The van der Waals surface area contributed by atoms with Crippen molar-refractivity contribution in [1.29, 1.82) is 0 Å². The first-order valence-corrected chi connectivity index (χ1v) is 8.14. The Morgan fingerprint density at radius 1 is 1.10 bits per heavy atom. The summed E-state index contributed by atoms with van der Waals surface area (Å²) in [7, 11) is -3.67. The van der Waals surface area contributed by atoms with E-state index < -0.39 is 15.8 Å². The van der Waals surface area contributed by atoms with Gasteiger partial charge in [-0.3, -0.25) is 4.72 Å². The van der Waals surface area contributed by atoms with Crippen molar-refractivity contribution in [3.8, 4) is 0 Å². The van der Waals surface area contributed by atoms with E-state index >= 15 is 0 Å². The number of anilines is 1. The second-order valence-electron chi connectivity index (χ2n) is 4.93. The van der Waals surface area contributed by atoms with Gasteiger partial charge in [0.05, 0.1) is 4.90 Å². The van der Waals surface area contributed by atoms with Crippen molar-refractivity contribution in [2.24, 2.45) is 0 Å². The average Bonchev–Trinajstić information content (AvgIpc) is 2.49. The van der Waals surface area contributed by atoms with Crippen LogP contribution in [0.5, 0.6) is 0 Å². The molecule has 3 rings (SSSR count). The minimum absolute atomic E-state index is 0.297. The summed E-state index contributed by atoms with van der Waals surface area (Å²) in [4.78, 5) is 0.297. The highest BCUT2D eigenvalue weighted by molar-refractivity contribution is 7.92. The SMILES string of the molecule is O=S(=O)(Nc1ccc(F)cc1)c1cccc2c1CCNC2. The van der Waals surface area contributed by atoms with Crippen molar-refractivity contribution in [3.05, 3.63) is 59.4 Å². The summed E-state index contributed by atoms with van der Waals surface area (Å²) in [6.07, 6.45) is 0.676. The normalized spacial score (nSPS) is 14.5. The van der Waals surface area contributed by atoms with Gasteiger partial charge in [0.25, 0.3) is 10.0 Å². The Bertz CT molecular complexity index is 758. The lowest BCUT2D eigenvalue weighted by atomic mass is 10.0. The molecule has 1 aliphatic heterocycles. The molecule has 2 N–H and O–H groups in total. The fourth-order valence-corrected chi connectivity index (χ4v) is 3.85. The number of hydrogen-bond acceptors (Lipinski definition) is 3. The van der Waals surface area contributed by atoms with Gasteiger partial charge in [0, 0.05) is 12.2 Å². The molecule has 110 valence electrons. The lowest BCUT2D eigenvalue weighted by Gasteiger charge is -2.20. The molecule has 0 saturated carbocycles. The molecule has 2 aromatic carbocycles. The van der Waals surface area contributed by atoms with E-state index in [0.717, 1.165) is 17.7 Å². The third-order valence-electron chi connectivity index (χ3n) is 3.48. The van der Waals surface area contributed by atoms with Gasteiger partial charge in [-0.1, -0.05) is 12.1 Å². The fraction of sp³-hybridized carbons (Fsp3) is 0.200. The number of halogens is 1. The molecule has 0 radical (unpaired) electrons. The molecule has 0 bridgehead atoms. The van der Waals surface area contributed by atoms with Crippen LogP contribution in [-0.4, -0.2) is 15.0 Å². The van der Waals surface area contributed by atoms with E-state index in [1.165, 1.54) is 24.3 Å². The van der Waals surface area contributed by atoms with Crippen molar-refractivity contribution in [1.82, 2.24) is 5.32 Å². The molecule has 0 amide bonds. The molecule has 2 aromatic rings. The van der Waals surface area contributed by atoms with Crippen molar-refractivity contribution in [2.75, 3.05) is 11.3 Å². The highest BCUT2D eigenvalue weighted by Gasteiger charge is 2.22. The molecule has 0 fully saturated rings. The highest BCUT2D eigenvalue weighted by atomic mass is 32.2. The molecule has 1 heterocycles. The summed E-state index contributed by atoms with van der Waals surface area (Å²) in [5.74, 6) is -0.402. The van der Waals surface area contributed by atoms with Crippen molar-refractivity contribution in [3.63, 3.8) is 0 Å². The second-order valence-corrected chi connectivity index (χ2v) is 6.58. The van der Waals surface area contributed by atoms with E-state index in [1.54, 1.807) is 12.1 Å². The maximum Gasteiger partial charge on any atom is 0.262 e. The van der Waals surface area contributed by atoms with Crippen LogP contribution in [0.25, 0.3) is 0 Å². The molecule has 0 unspecified atom stereocenters. The van der Waals surface area contributed by atoms with Gasteiger partial charge in [0.2, 0.25) is 0 Å². The summed E-state index contributed by atoms with van der Waals surface area (Å²) in [6, 6.07) is 10.5. The van der Waals surface area contributed by atoms with Crippen LogP contribution in [0, 0.1) is 5.82 Å². The van der Waals surface area contributed by atoms with Gasteiger partial charge in [-0.25, -0.2) is 12.8 Å². The predicted molar refractivity (Wildman–Crippen MR) is 79.1 cm³/mol. The van der Waals surface area contributed by atoms with E-state index in [2.05, 4.69) is 10.0 Å². The number of benzene rings is 2. The first-order valence-electron chi connectivity index (χ1n) is 6.66. The molecule has 0 spiro atoms. The Hall–Kier alpha value is -1.92. The number of fused-ring (bicyclic) bond motifs is 1. The van der Waals surface area contributed by atoms with Crippen molar-refractivity contribution < 1.29 is 12.8 Å². The van der Waals surface area contributed by atoms with Gasteiger partial charge >= 0.3 is 0 Å². The molecule has 0 atom stereocenters. The predicted octanol–water partition coefficient (Wildman–Crippen LogP) is 2.27. The van der Waals surface area contributed by atoms with Crippen LogP contribution < -0.4 is 10.0 Å². The minimum atomic E-state index is -3.67. The Morgan fingerprint density at radius 3 is 2.62 bits per heavy atom. The first kappa shape index (κ1) is 14.0. The second kappa shape index (κ2) is 5.46. The van der Waals surface area contributed by atoms with Crippen molar-refractivity contribution in [2.45, 2.75) is 17.9 Å². The zero-order valence-electron chi connectivity index (χ0n) is 11.3. The van der Waals surface area contributed by atoms with E-state index in [9.17, 15) is 12.8 Å². The summed E-state index contributed by atoms with van der Waals surface area (Å²) < 4.78 is 40.4. The third-order valence-corrected chi connectivity index (χ3v) is 4.95.